The molecule has 67 heavy (non-hydrogen) atoms. The molecule has 0 bridgehead atoms. The number of aliphatic hydroxyl groups is 1. The lowest BCUT2D eigenvalue weighted by Gasteiger charge is -2.31. The largest absolute Gasteiger partial charge is 0.475 e. The van der Waals surface area contributed by atoms with Crippen LogP contribution >= 0.6 is 0 Å². The smallest absolute Gasteiger partial charge is 0.343 e. The number of nitrogens with one attached hydrogen (secondary N) is 4. The quantitative estimate of drug-likeness (QED) is 0.0442. The summed E-state index contributed by atoms with van der Waals surface area (Å²) in [5.41, 5.74) is 0.418. The average molecular weight is 931 g/mol. The van der Waals surface area contributed by atoms with E-state index >= 15 is 4.39 Å². The summed E-state index contributed by atoms with van der Waals surface area (Å²) >= 11 is 0. The molecule has 1 aromatic carbocycles. The number of pyridine rings is 2. The summed E-state index contributed by atoms with van der Waals surface area (Å²) in [5, 5.41) is 22.8. The Hall–Kier alpha value is -6.58. The molecule has 0 unspecified atom stereocenters. The Morgan fingerprint density at radius 2 is 1.61 bits per heavy atom. The van der Waals surface area contributed by atoms with Crippen molar-refractivity contribution >= 4 is 52.3 Å². The predicted molar refractivity (Wildman–Crippen MR) is 236 cm³/mol. The third-order valence-corrected chi connectivity index (χ3v) is 12.1. The van der Waals surface area contributed by atoms with Crippen LogP contribution in [-0.2, 0) is 68.3 Å². The van der Waals surface area contributed by atoms with Crippen molar-refractivity contribution in [1.82, 2.24) is 40.6 Å². The monoisotopic (exact) mass is 930 g/mol. The highest BCUT2D eigenvalue weighted by atomic mass is 19.1. The minimum absolute atomic E-state index is 0.000479. The number of carbonyl (C=O) groups excluding carboxylic acids is 7. The van der Waals surface area contributed by atoms with Gasteiger partial charge in [-0.25, -0.2) is 14.2 Å². The van der Waals surface area contributed by atoms with E-state index in [1.165, 1.54) is 10.6 Å². The van der Waals surface area contributed by atoms with E-state index in [1.807, 2.05) is 24.8 Å². The zero-order valence-electron chi connectivity index (χ0n) is 37.7. The van der Waals surface area contributed by atoms with Crippen molar-refractivity contribution < 1.29 is 57.3 Å². The highest BCUT2D eigenvalue weighted by Gasteiger charge is 2.45. The number of amides is 6. The summed E-state index contributed by atoms with van der Waals surface area (Å²) in [6.45, 7) is 6.94. The van der Waals surface area contributed by atoms with Crippen molar-refractivity contribution in [3.63, 3.8) is 0 Å². The van der Waals surface area contributed by atoms with Crippen LogP contribution in [0.5, 0.6) is 5.75 Å². The Kier molecular flexibility index (Phi) is 15.1. The number of halogens is 1. The lowest BCUT2D eigenvalue weighted by Crippen LogP contribution is -2.47. The first-order valence-corrected chi connectivity index (χ1v) is 22.5. The Balaban J connectivity index is 0.891. The maximum Gasteiger partial charge on any atom is 0.343 e. The van der Waals surface area contributed by atoms with Crippen molar-refractivity contribution in [3.05, 3.63) is 68.8 Å². The van der Waals surface area contributed by atoms with Crippen molar-refractivity contribution in [2.75, 3.05) is 46.1 Å². The summed E-state index contributed by atoms with van der Waals surface area (Å²) in [4.78, 5) is 109. The Bertz CT molecular complexity index is 2560. The first kappa shape index (κ1) is 48.4. The molecule has 0 aliphatic carbocycles. The fourth-order valence-corrected chi connectivity index (χ4v) is 8.48. The molecular weight excluding hydrogens is 876 g/mol. The van der Waals surface area contributed by atoms with E-state index in [0.717, 1.165) is 17.1 Å². The van der Waals surface area contributed by atoms with Gasteiger partial charge in [-0.05, 0) is 51.7 Å². The number of esters is 1. The van der Waals surface area contributed by atoms with Crippen molar-refractivity contribution in [2.45, 2.75) is 103 Å². The molecule has 0 saturated carbocycles. The van der Waals surface area contributed by atoms with Gasteiger partial charge in [0.25, 0.3) is 17.4 Å². The van der Waals surface area contributed by atoms with Crippen LogP contribution in [0.3, 0.4) is 0 Å². The maximum absolute atomic E-state index is 15.5. The van der Waals surface area contributed by atoms with E-state index in [2.05, 4.69) is 21.3 Å². The van der Waals surface area contributed by atoms with Gasteiger partial charge >= 0.3 is 5.97 Å². The van der Waals surface area contributed by atoms with Crippen molar-refractivity contribution in [2.24, 2.45) is 0 Å². The molecule has 5 N–H and O–H groups in total. The molecule has 6 heterocycles. The summed E-state index contributed by atoms with van der Waals surface area (Å²) in [7, 11) is 0. The minimum atomic E-state index is -1.98. The fourth-order valence-electron chi connectivity index (χ4n) is 8.48. The molecule has 2 atom stereocenters. The predicted octanol–water partition coefficient (Wildman–Crippen LogP) is 0.895. The topological polar surface area (TPSA) is 257 Å². The molecule has 7 rings (SSSR count). The molecule has 4 aliphatic heterocycles. The van der Waals surface area contributed by atoms with E-state index in [0.29, 0.717) is 46.6 Å². The van der Waals surface area contributed by atoms with Crippen LogP contribution in [0.25, 0.3) is 22.3 Å². The number of benzene rings is 1. The maximum atomic E-state index is 15.5. The van der Waals surface area contributed by atoms with Crippen LogP contribution in [0, 0.1) is 5.82 Å². The van der Waals surface area contributed by atoms with Crippen LogP contribution < -0.4 is 31.6 Å². The van der Waals surface area contributed by atoms with E-state index in [9.17, 15) is 43.5 Å². The third-order valence-electron chi connectivity index (χ3n) is 12.1. The lowest BCUT2D eigenvalue weighted by atomic mass is 9.86. The molecule has 21 heteroatoms. The van der Waals surface area contributed by atoms with Gasteiger partial charge in [-0.15, -0.1) is 0 Å². The van der Waals surface area contributed by atoms with E-state index < -0.39 is 52.6 Å². The van der Waals surface area contributed by atoms with Gasteiger partial charge in [0.2, 0.25) is 23.6 Å². The first-order valence-electron chi connectivity index (χ1n) is 22.5. The number of rotatable bonds is 21. The van der Waals surface area contributed by atoms with Crippen molar-refractivity contribution in [1.29, 1.82) is 0 Å². The summed E-state index contributed by atoms with van der Waals surface area (Å²) in [5.74, 6) is -3.91. The van der Waals surface area contributed by atoms with Gasteiger partial charge < -0.3 is 45.2 Å². The molecule has 0 saturated heterocycles. The second-order valence-corrected chi connectivity index (χ2v) is 17.1. The second kappa shape index (κ2) is 20.9. The van der Waals surface area contributed by atoms with Crippen LogP contribution in [0.1, 0.15) is 88.0 Å². The van der Waals surface area contributed by atoms with Gasteiger partial charge in [-0.1, -0.05) is 6.92 Å². The zero-order chi connectivity index (χ0) is 48.0. The van der Waals surface area contributed by atoms with Gasteiger partial charge in [0.15, 0.2) is 17.2 Å². The number of nitrogens with zero attached hydrogens (tertiary/aromatic N) is 4. The molecule has 2 aromatic heterocycles. The summed E-state index contributed by atoms with van der Waals surface area (Å²) < 4.78 is 33.5. The molecule has 20 nitrogen and oxygen atoms in total. The number of carbonyl (C=O) groups is 7. The number of hydrogen-bond donors (Lipinski definition) is 5. The molecule has 4 aliphatic rings. The molecule has 0 fully saturated rings. The molecule has 3 aromatic rings. The lowest BCUT2D eigenvalue weighted by molar-refractivity contribution is -0.172. The number of hydrogen-bond acceptors (Lipinski definition) is 14. The number of aromatic nitrogens is 2. The normalized spacial score (nSPS) is 17.6. The van der Waals surface area contributed by atoms with Crippen LogP contribution in [0.4, 0.5) is 4.39 Å². The van der Waals surface area contributed by atoms with Gasteiger partial charge in [0, 0.05) is 98.8 Å². The molecule has 358 valence electrons. The molecule has 6 amide bonds. The van der Waals surface area contributed by atoms with E-state index in [-0.39, 0.29) is 132 Å². The second-order valence-electron chi connectivity index (χ2n) is 17.1. The van der Waals surface area contributed by atoms with Gasteiger partial charge in [-0.3, -0.25) is 43.4 Å². The fraction of sp³-hybridized carbons (Fsp3) is 0.500. The Morgan fingerprint density at radius 3 is 2.36 bits per heavy atom. The van der Waals surface area contributed by atoms with Crippen LogP contribution in [0.15, 0.2) is 35.1 Å². The number of fused-ring (bicyclic) bond motifs is 7. The standard InChI is InChI=1S/C46H55FN8O12/c1-4-46(64)31-20-35-41-27(22-55(35)44(62)30(31)24-66-45(46)63)19-28-29-23-53(25-67-42(29)32(47)21-34(28)52-41)17-14-48-36(56)7-5-13-50-43(61)33(9-10-37(57)49-15-18-65-26(2)3)51-38(58)8-6-16-54-39(59)11-12-40(54)60/h11-12,19-21,26,33,64H,4-10,13-18,22-25H2,1-3H3,(H,48,56)(H,49,57)(H,50,61)(H,51,58)/t33-,46-/m0/s1. The molecule has 0 radical (unpaired) electrons. The Morgan fingerprint density at radius 1 is 0.881 bits per heavy atom. The Labute approximate surface area is 384 Å². The number of imide groups is 1. The summed E-state index contributed by atoms with van der Waals surface area (Å²) in [6, 6.07) is 3.66. The minimum Gasteiger partial charge on any atom is -0.475 e. The van der Waals surface area contributed by atoms with Gasteiger partial charge in [0.05, 0.1) is 41.7 Å². The highest BCUT2D eigenvalue weighted by Crippen LogP contribution is 2.41. The summed E-state index contributed by atoms with van der Waals surface area (Å²) in [6.07, 6.45) is 2.69. The zero-order valence-corrected chi connectivity index (χ0v) is 37.7. The number of cyclic esters (lactones) is 1. The SMILES string of the molecule is CC[C@@]1(O)C(=O)OCc2c1cc1n(c2=O)Cc2cc3c4c(c(F)cc3nc2-1)OCN(CCNC(=O)CCCNC(=O)[C@H](CCC(=O)NCCOC(C)C)NC(=O)CCCN1C(=O)C=CC1=O)C4. The van der Waals surface area contributed by atoms with E-state index in [1.54, 1.807) is 13.0 Å². The van der Waals surface area contributed by atoms with Gasteiger partial charge in [0.1, 0.15) is 19.4 Å². The average Bonchev–Trinajstić information content (AvgIpc) is 3.83. The first-order chi connectivity index (χ1) is 32.1. The van der Waals surface area contributed by atoms with E-state index in [4.69, 9.17) is 19.2 Å². The molecule has 0 spiro atoms. The van der Waals surface area contributed by atoms with Crippen LogP contribution in [0.2, 0.25) is 0 Å². The van der Waals surface area contributed by atoms with Gasteiger partial charge in [-0.2, -0.15) is 0 Å². The van der Waals surface area contributed by atoms with Crippen molar-refractivity contribution in [3.8, 4) is 17.1 Å². The molecular formula is C46H55FN8O12. The highest BCUT2D eigenvalue weighted by molar-refractivity contribution is 6.12. The number of ether oxygens (including phenoxy) is 3. The third kappa shape index (κ3) is 10.8. The van der Waals surface area contributed by atoms with Crippen LogP contribution in [-0.4, -0.2) is 124 Å².